The van der Waals surface area contributed by atoms with Crippen LogP contribution < -0.4 is 4.74 Å². The average Bonchev–Trinajstić information content (AvgIpc) is 3.35. The van der Waals surface area contributed by atoms with Crippen molar-refractivity contribution in [3.63, 3.8) is 0 Å². The molecule has 0 bridgehead atoms. The monoisotopic (exact) mass is 623 g/mol. The molecule has 6 rings (SSSR count). The Labute approximate surface area is 255 Å². The number of carboxylic acids is 1. The van der Waals surface area contributed by atoms with Crippen LogP contribution in [0.3, 0.4) is 0 Å². The summed E-state index contributed by atoms with van der Waals surface area (Å²) < 4.78 is 42.6. The standard InChI is InChI=1S/C30H33N5O6S2/c1-4-35-24-12-10-20(19(3)28(24)32-33-35)29(42)21(13-27(36)37)22-11-9-18(2)23(31-22)14-34-15-30(16-40-17-30)41-25-7-5-6-8-26(25)43(34,38)39/h5-12,21,29,42H,4,13-17H2,1-3H3,(H,36,37)/t21-,29?/m1/s1. The summed E-state index contributed by atoms with van der Waals surface area (Å²) in [5.41, 5.74) is 4.40. The molecule has 0 amide bonds. The SMILES string of the molecule is CCn1nnc2c(C)c(C(S)[C@H](CC(=O)O)c3ccc(C)c(CN4CC5(COC5)Oc5ccccc5S4(=O)=O)n3)ccc21. The zero-order valence-electron chi connectivity index (χ0n) is 24.1. The molecule has 4 heterocycles. The number of rotatable bonds is 8. The largest absolute Gasteiger partial charge is 0.481 e. The Morgan fingerprint density at radius 3 is 2.60 bits per heavy atom. The van der Waals surface area contributed by atoms with Gasteiger partial charge < -0.3 is 14.6 Å². The number of hydrogen-bond donors (Lipinski definition) is 2. The van der Waals surface area contributed by atoms with Gasteiger partial charge in [-0.1, -0.05) is 29.5 Å². The van der Waals surface area contributed by atoms with E-state index in [2.05, 4.69) is 10.3 Å². The Bertz CT molecular complexity index is 1820. The topological polar surface area (TPSA) is 137 Å². The van der Waals surface area contributed by atoms with E-state index in [1.165, 1.54) is 4.31 Å². The van der Waals surface area contributed by atoms with Crippen LogP contribution in [0.2, 0.25) is 0 Å². The summed E-state index contributed by atoms with van der Waals surface area (Å²) >= 11 is 4.94. The van der Waals surface area contributed by atoms with E-state index in [1.54, 1.807) is 30.3 Å². The lowest BCUT2D eigenvalue weighted by atomic mass is 9.89. The number of carboxylic acid groups (broad SMARTS) is 1. The van der Waals surface area contributed by atoms with E-state index in [9.17, 15) is 18.3 Å². The molecule has 43 heavy (non-hydrogen) atoms. The van der Waals surface area contributed by atoms with E-state index in [4.69, 9.17) is 27.1 Å². The van der Waals surface area contributed by atoms with Crippen LogP contribution in [0.4, 0.5) is 0 Å². The molecule has 2 aliphatic heterocycles. The van der Waals surface area contributed by atoms with Crippen LogP contribution in [-0.2, 0) is 32.6 Å². The first-order valence-corrected chi connectivity index (χ1v) is 16.0. The fraction of sp³-hybridized carbons (Fsp3) is 0.400. The van der Waals surface area contributed by atoms with Crippen LogP contribution in [0, 0.1) is 13.8 Å². The lowest BCUT2D eigenvalue weighted by Gasteiger charge is -2.41. The molecule has 1 N–H and O–H groups in total. The molecule has 1 fully saturated rings. The van der Waals surface area contributed by atoms with Crippen LogP contribution in [0.15, 0.2) is 53.4 Å². The third-order valence-electron chi connectivity index (χ3n) is 8.29. The van der Waals surface area contributed by atoms with Crippen LogP contribution >= 0.6 is 12.6 Å². The Morgan fingerprint density at radius 1 is 1.14 bits per heavy atom. The van der Waals surface area contributed by atoms with Gasteiger partial charge in [-0.15, -0.1) is 5.10 Å². The number of carbonyl (C=O) groups is 1. The molecule has 0 saturated carbocycles. The molecule has 11 nitrogen and oxygen atoms in total. The van der Waals surface area contributed by atoms with Crippen molar-refractivity contribution < 1.29 is 27.8 Å². The van der Waals surface area contributed by atoms with Crippen molar-refractivity contribution in [3.05, 3.63) is 76.6 Å². The second-order valence-corrected chi connectivity index (χ2v) is 13.7. The van der Waals surface area contributed by atoms with Crippen molar-refractivity contribution in [2.24, 2.45) is 0 Å². The van der Waals surface area contributed by atoms with E-state index in [-0.39, 0.29) is 37.6 Å². The number of aryl methyl sites for hydroxylation is 3. The zero-order chi connectivity index (χ0) is 30.5. The van der Waals surface area contributed by atoms with Crippen LogP contribution in [0.25, 0.3) is 11.0 Å². The number of pyridine rings is 1. The molecule has 2 aliphatic rings. The Morgan fingerprint density at radius 2 is 1.91 bits per heavy atom. The quantitative estimate of drug-likeness (QED) is 0.279. The number of ether oxygens (including phenoxy) is 2. The number of thiol groups is 1. The highest BCUT2D eigenvalue weighted by molar-refractivity contribution is 7.89. The molecular weight excluding hydrogens is 590 g/mol. The van der Waals surface area contributed by atoms with Crippen molar-refractivity contribution in [1.82, 2.24) is 24.3 Å². The van der Waals surface area contributed by atoms with Crippen molar-refractivity contribution >= 4 is 39.7 Å². The third kappa shape index (κ3) is 5.28. The van der Waals surface area contributed by atoms with Gasteiger partial charge in [0.25, 0.3) is 0 Å². The molecular formula is C30H33N5O6S2. The van der Waals surface area contributed by atoms with E-state index in [0.29, 0.717) is 23.7 Å². The second-order valence-electron chi connectivity index (χ2n) is 11.2. The zero-order valence-corrected chi connectivity index (χ0v) is 25.8. The number of fused-ring (bicyclic) bond motifs is 2. The smallest absolute Gasteiger partial charge is 0.304 e. The fourth-order valence-corrected chi connectivity index (χ4v) is 7.95. The van der Waals surface area contributed by atoms with E-state index in [0.717, 1.165) is 27.7 Å². The van der Waals surface area contributed by atoms with Gasteiger partial charge in [0.1, 0.15) is 16.2 Å². The summed E-state index contributed by atoms with van der Waals surface area (Å²) in [6.45, 7) is 7.11. The lowest BCUT2D eigenvalue weighted by Crippen LogP contribution is -2.60. The number of aromatic nitrogens is 4. The molecule has 2 atom stereocenters. The summed E-state index contributed by atoms with van der Waals surface area (Å²) in [6, 6.07) is 14.1. The van der Waals surface area contributed by atoms with Crippen LogP contribution in [0.1, 0.15) is 52.6 Å². The minimum Gasteiger partial charge on any atom is -0.481 e. The average molecular weight is 624 g/mol. The van der Waals surface area contributed by atoms with Gasteiger partial charge in [-0.05, 0) is 61.7 Å². The maximum atomic E-state index is 13.9. The van der Waals surface area contributed by atoms with E-state index < -0.39 is 32.8 Å². The third-order valence-corrected chi connectivity index (χ3v) is 10.8. The number of hydrogen-bond acceptors (Lipinski definition) is 9. The van der Waals surface area contributed by atoms with Gasteiger partial charge in [0, 0.05) is 23.4 Å². The molecule has 2 aromatic carbocycles. The fourth-order valence-electron chi connectivity index (χ4n) is 5.82. The van der Waals surface area contributed by atoms with Crippen molar-refractivity contribution in [2.45, 2.75) is 61.9 Å². The summed E-state index contributed by atoms with van der Waals surface area (Å²) in [4.78, 5) is 17.1. The normalized spacial score (nSPS) is 18.8. The molecule has 1 spiro atoms. The summed E-state index contributed by atoms with van der Waals surface area (Å²) in [6.07, 6.45) is -0.216. The Kier molecular flexibility index (Phi) is 7.69. The predicted molar refractivity (Wildman–Crippen MR) is 162 cm³/mol. The highest BCUT2D eigenvalue weighted by atomic mass is 32.2. The number of para-hydroxylation sites is 1. The predicted octanol–water partition coefficient (Wildman–Crippen LogP) is 4.04. The first kappa shape index (κ1) is 29.5. The van der Waals surface area contributed by atoms with Gasteiger partial charge in [0.2, 0.25) is 10.0 Å². The van der Waals surface area contributed by atoms with Gasteiger partial charge in [-0.25, -0.2) is 13.1 Å². The molecule has 4 aromatic rings. The Balaban J connectivity index is 1.37. The lowest BCUT2D eigenvalue weighted by molar-refractivity contribution is -0.165. The minimum atomic E-state index is -3.93. The van der Waals surface area contributed by atoms with Gasteiger partial charge in [0.05, 0.1) is 43.9 Å². The highest BCUT2D eigenvalue weighted by Gasteiger charge is 2.49. The highest BCUT2D eigenvalue weighted by Crippen LogP contribution is 2.42. The van der Waals surface area contributed by atoms with Crippen molar-refractivity contribution in [3.8, 4) is 5.75 Å². The summed E-state index contributed by atoms with van der Waals surface area (Å²) in [5, 5.41) is 17.9. The molecule has 0 aliphatic carbocycles. The van der Waals surface area contributed by atoms with E-state index >= 15 is 0 Å². The van der Waals surface area contributed by atoms with Gasteiger partial charge in [-0.3, -0.25) is 9.78 Å². The minimum absolute atomic E-state index is 0.0103. The Hall–Kier alpha value is -3.52. The first-order chi connectivity index (χ1) is 20.5. The molecule has 1 unspecified atom stereocenters. The van der Waals surface area contributed by atoms with Gasteiger partial charge >= 0.3 is 5.97 Å². The van der Waals surface area contributed by atoms with Crippen LogP contribution in [-0.4, -0.2) is 69.1 Å². The summed E-state index contributed by atoms with van der Waals surface area (Å²) in [5.74, 6) is -1.29. The first-order valence-electron chi connectivity index (χ1n) is 14.1. The molecule has 226 valence electrons. The van der Waals surface area contributed by atoms with Crippen molar-refractivity contribution in [2.75, 3.05) is 19.8 Å². The second kappa shape index (κ2) is 11.2. The van der Waals surface area contributed by atoms with Crippen LogP contribution in [0.5, 0.6) is 5.75 Å². The van der Waals surface area contributed by atoms with Gasteiger partial charge in [0.15, 0.2) is 5.60 Å². The molecule has 0 radical (unpaired) electrons. The number of aliphatic carboxylic acids is 1. The van der Waals surface area contributed by atoms with E-state index in [1.807, 2.05) is 43.7 Å². The van der Waals surface area contributed by atoms with Gasteiger partial charge in [-0.2, -0.15) is 16.9 Å². The molecule has 2 aromatic heterocycles. The number of nitrogens with zero attached hydrogens (tertiary/aromatic N) is 5. The summed E-state index contributed by atoms with van der Waals surface area (Å²) in [7, 11) is -3.93. The van der Waals surface area contributed by atoms with Crippen molar-refractivity contribution in [1.29, 1.82) is 0 Å². The molecule has 13 heteroatoms. The number of sulfonamides is 1. The maximum Gasteiger partial charge on any atom is 0.304 e. The molecule has 1 saturated heterocycles. The number of benzene rings is 2. The maximum absolute atomic E-state index is 13.9.